The van der Waals surface area contributed by atoms with Gasteiger partial charge in [-0.1, -0.05) is 50.1 Å². The monoisotopic (exact) mass is 509 g/mol. The molecule has 1 atom stereocenters. The van der Waals surface area contributed by atoms with Crippen LogP contribution in [0, 0.1) is 34.9 Å². The second-order valence-electron chi connectivity index (χ2n) is 11.1. The lowest BCUT2D eigenvalue weighted by Crippen LogP contribution is -2.45. The highest BCUT2D eigenvalue weighted by atomic mass is 19.1. The first kappa shape index (κ1) is 27.1. The van der Waals surface area contributed by atoms with Gasteiger partial charge in [-0.3, -0.25) is 4.98 Å². The molecule has 0 saturated heterocycles. The summed E-state index contributed by atoms with van der Waals surface area (Å²) in [6.07, 6.45) is 13.4. The minimum Gasteiger partial charge on any atom is -0.383 e. The Morgan fingerprint density at radius 3 is 2.61 bits per heavy atom. The molecule has 3 aromatic rings. The molecule has 0 amide bonds. The Bertz CT molecular complexity index is 1520. The third-order valence-electron chi connectivity index (χ3n) is 6.73. The summed E-state index contributed by atoms with van der Waals surface area (Å²) in [5, 5.41) is 27.1. The van der Waals surface area contributed by atoms with Crippen LogP contribution in [-0.4, -0.2) is 40.9 Å². The molecule has 4 rings (SSSR count). The van der Waals surface area contributed by atoms with E-state index in [9.17, 15) is 9.65 Å². The lowest BCUT2D eigenvalue weighted by Gasteiger charge is -2.29. The molecule has 2 aromatic heterocycles. The summed E-state index contributed by atoms with van der Waals surface area (Å²) >= 11 is 0. The maximum absolute atomic E-state index is 13.8. The predicted octanol–water partition coefficient (Wildman–Crippen LogP) is 2.19. The van der Waals surface area contributed by atoms with Gasteiger partial charge < -0.3 is 10.6 Å². The van der Waals surface area contributed by atoms with Crippen molar-refractivity contribution in [3.05, 3.63) is 69.9 Å². The van der Waals surface area contributed by atoms with Gasteiger partial charge in [-0.2, -0.15) is 5.26 Å². The van der Waals surface area contributed by atoms with Crippen LogP contribution in [0.15, 0.2) is 36.7 Å². The first-order valence-corrected chi connectivity index (χ1v) is 12.8. The van der Waals surface area contributed by atoms with Crippen molar-refractivity contribution in [1.29, 1.82) is 5.26 Å². The predicted molar refractivity (Wildman–Crippen MR) is 151 cm³/mol. The molecular formula is C29H33BFN7. The molecule has 1 aromatic carbocycles. The number of hydrogen-bond donors (Lipinski definition) is 2. The van der Waals surface area contributed by atoms with Crippen molar-refractivity contribution in [2.75, 3.05) is 18.4 Å². The minimum absolute atomic E-state index is 0.00883. The van der Waals surface area contributed by atoms with Crippen LogP contribution < -0.4 is 21.2 Å². The van der Waals surface area contributed by atoms with Gasteiger partial charge >= 0.3 is 0 Å². The molecule has 7 nitrogen and oxygen atoms in total. The molecule has 0 radical (unpaired) electrons. The summed E-state index contributed by atoms with van der Waals surface area (Å²) in [5.74, 6) is 2.39. The van der Waals surface area contributed by atoms with Gasteiger partial charge in [0, 0.05) is 30.1 Å². The van der Waals surface area contributed by atoms with Gasteiger partial charge in [-0.15, -0.1) is 11.5 Å². The van der Waals surface area contributed by atoms with Crippen molar-refractivity contribution in [1.82, 2.24) is 25.3 Å². The molecule has 1 aliphatic rings. The highest BCUT2D eigenvalue weighted by Gasteiger charge is 2.33. The third kappa shape index (κ3) is 5.95. The summed E-state index contributed by atoms with van der Waals surface area (Å²) in [6.45, 7) is 9.27. The summed E-state index contributed by atoms with van der Waals surface area (Å²) in [6, 6.07) is 9.06. The molecule has 0 bridgehead atoms. The molecule has 9 heteroatoms. The zero-order valence-electron chi connectivity index (χ0n) is 22.6. The van der Waals surface area contributed by atoms with E-state index in [1.54, 1.807) is 18.3 Å². The highest BCUT2D eigenvalue weighted by Crippen LogP contribution is 2.35. The van der Waals surface area contributed by atoms with Gasteiger partial charge in [-0.05, 0) is 42.9 Å². The Morgan fingerprint density at radius 2 is 2.00 bits per heavy atom. The standard InChI is InChI=1S/C29H33BFN7/c1-6-19(2)26-24(27(20(15-32)16-33-26)34-18-28(3,4)5)13-14-35-29(30,21-7-9-22(31)10-8-21)25-17-38(37-36-25)23-11-12-23/h1,7-10,13,16-17,23,34-35H,11-12,14,18,30H2,2-5H3/b24-13+,26-19+. The van der Waals surface area contributed by atoms with Crippen LogP contribution in [0.1, 0.15) is 63.4 Å². The fraction of sp³-hybridized carbons (Fsp3) is 0.379. The smallest absolute Gasteiger partial charge is 0.141 e. The molecular weight excluding hydrogens is 476 g/mol. The number of halogens is 1. The molecule has 38 heavy (non-hydrogen) atoms. The molecule has 1 unspecified atom stereocenters. The van der Waals surface area contributed by atoms with E-state index in [0.717, 1.165) is 29.3 Å². The van der Waals surface area contributed by atoms with Crippen LogP contribution in [-0.2, 0) is 5.44 Å². The second kappa shape index (κ2) is 10.8. The van der Waals surface area contributed by atoms with Crippen LogP contribution in [0.5, 0.6) is 0 Å². The molecule has 2 N–H and O–H groups in total. The van der Waals surface area contributed by atoms with Gasteiger partial charge in [0.15, 0.2) is 0 Å². The van der Waals surface area contributed by atoms with E-state index in [1.165, 1.54) is 12.1 Å². The molecule has 194 valence electrons. The van der Waals surface area contributed by atoms with E-state index < -0.39 is 5.44 Å². The number of nitrogens with zero attached hydrogens (tertiary/aromatic N) is 5. The van der Waals surface area contributed by atoms with Crippen molar-refractivity contribution >= 4 is 25.2 Å². The summed E-state index contributed by atoms with van der Waals surface area (Å²) < 4.78 is 15.7. The van der Waals surface area contributed by atoms with E-state index in [4.69, 9.17) is 6.42 Å². The number of pyridine rings is 1. The van der Waals surface area contributed by atoms with Crippen LogP contribution in [0.3, 0.4) is 0 Å². The average Bonchev–Trinajstić information content (AvgIpc) is 3.62. The highest BCUT2D eigenvalue weighted by molar-refractivity contribution is 6.17. The fourth-order valence-corrected chi connectivity index (χ4v) is 4.23. The topological polar surface area (TPSA) is 91.4 Å². The first-order chi connectivity index (χ1) is 18.1. The number of nitrogens with one attached hydrogen (secondary N) is 2. The second-order valence-corrected chi connectivity index (χ2v) is 11.1. The largest absolute Gasteiger partial charge is 0.383 e. The molecule has 0 spiro atoms. The number of anilines is 1. The van der Waals surface area contributed by atoms with E-state index >= 15 is 0 Å². The van der Waals surface area contributed by atoms with Crippen LogP contribution >= 0.6 is 0 Å². The number of terminal acetylenes is 1. The number of benzene rings is 1. The lowest BCUT2D eigenvalue weighted by atomic mass is 9.70. The molecule has 0 aliphatic heterocycles. The zero-order valence-corrected chi connectivity index (χ0v) is 22.6. The fourth-order valence-electron chi connectivity index (χ4n) is 4.23. The maximum atomic E-state index is 13.8. The van der Waals surface area contributed by atoms with Crippen LogP contribution in [0.25, 0.3) is 11.6 Å². The van der Waals surface area contributed by atoms with Gasteiger partial charge in [-0.25, -0.2) is 9.07 Å². The number of rotatable bonds is 8. The number of aromatic nitrogens is 4. The van der Waals surface area contributed by atoms with Crippen molar-refractivity contribution in [2.24, 2.45) is 5.41 Å². The number of hydrogen-bond acceptors (Lipinski definition) is 6. The minimum atomic E-state index is -0.748. The zero-order chi connectivity index (χ0) is 27.5. The Hall–Kier alpha value is -3.95. The Balaban J connectivity index is 1.79. The van der Waals surface area contributed by atoms with Gasteiger partial charge in [0.05, 0.1) is 40.0 Å². The van der Waals surface area contributed by atoms with E-state index in [0.29, 0.717) is 41.3 Å². The van der Waals surface area contributed by atoms with Crippen molar-refractivity contribution < 1.29 is 4.39 Å². The summed E-state index contributed by atoms with van der Waals surface area (Å²) in [7, 11) is 2.01. The van der Waals surface area contributed by atoms with E-state index in [-0.39, 0.29) is 11.2 Å². The van der Waals surface area contributed by atoms with Gasteiger partial charge in [0.25, 0.3) is 0 Å². The molecule has 1 saturated carbocycles. The van der Waals surface area contributed by atoms with Crippen molar-refractivity contribution in [3.63, 3.8) is 0 Å². The molecule has 1 aliphatic carbocycles. The summed E-state index contributed by atoms with van der Waals surface area (Å²) in [4.78, 5) is 4.53. The van der Waals surface area contributed by atoms with Crippen molar-refractivity contribution in [2.45, 2.75) is 52.0 Å². The quantitative estimate of drug-likeness (QED) is 0.358. The van der Waals surface area contributed by atoms with E-state index in [1.807, 2.05) is 31.7 Å². The SMILES string of the molecule is BC(NC/C=c1/c(NCC(C)(C)C)c(C#N)cn/c1=C(\C)C#C)(c1ccc(F)cc1)c1cn(C2CC2)nn1. The van der Waals surface area contributed by atoms with Gasteiger partial charge in [0.2, 0.25) is 0 Å². The Labute approximate surface area is 224 Å². The van der Waals surface area contributed by atoms with Crippen molar-refractivity contribution in [3.8, 4) is 18.4 Å². The summed E-state index contributed by atoms with van der Waals surface area (Å²) in [5.41, 5.74) is 2.66. The average molecular weight is 509 g/mol. The van der Waals surface area contributed by atoms with Crippen LogP contribution in [0.4, 0.5) is 10.1 Å². The normalized spacial score (nSPS) is 16.3. The Kier molecular flexibility index (Phi) is 7.71. The molecule has 2 heterocycles. The lowest BCUT2D eigenvalue weighted by molar-refractivity contribution is 0.443. The third-order valence-corrected chi connectivity index (χ3v) is 6.73. The first-order valence-electron chi connectivity index (χ1n) is 12.8. The maximum Gasteiger partial charge on any atom is 0.141 e. The Morgan fingerprint density at radius 1 is 1.29 bits per heavy atom. The van der Waals surface area contributed by atoms with Gasteiger partial charge in [0.1, 0.15) is 19.7 Å². The van der Waals surface area contributed by atoms with E-state index in [2.05, 4.69) is 58.7 Å². The molecule has 1 fully saturated rings. The van der Waals surface area contributed by atoms with Crippen LogP contribution in [0.2, 0.25) is 0 Å². The number of nitriles is 1.